The highest BCUT2D eigenvalue weighted by atomic mass is 16.3. The van der Waals surface area contributed by atoms with E-state index in [1.54, 1.807) is 0 Å². The third kappa shape index (κ3) is 2.66. The molecule has 1 aromatic carbocycles. The molecule has 0 spiro atoms. The van der Waals surface area contributed by atoms with Gasteiger partial charge in [-0.2, -0.15) is 0 Å². The Morgan fingerprint density at radius 2 is 1.50 bits per heavy atom. The number of aryl methyl sites for hydroxylation is 5. The van der Waals surface area contributed by atoms with Crippen LogP contribution >= 0.6 is 0 Å². The first-order valence-electron chi connectivity index (χ1n) is 7.12. The molecule has 1 unspecified atom stereocenters. The fraction of sp³-hybridized carbons (Fsp3) is 0.444. The van der Waals surface area contributed by atoms with Crippen LogP contribution in [-0.2, 0) is 6.42 Å². The zero-order valence-electron chi connectivity index (χ0n) is 13.3. The Labute approximate surface area is 121 Å². The van der Waals surface area contributed by atoms with Gasteiger partial charge in [0.25, 0.3) is 0 Å². The van der Waals surface area contributed by atoms with Crippen molar-refractivity contribution in [3.05, 3.63) is 57.0 Å². The van der Waals surface area contributed by atoms with Crippen LogP contribution in [-0.4, -0.2) is 5.11 Å². The van der Waals surface area contributed by atoms with E-state index >= 15 is 0 Å². The molecule has 2 nitrogen and oxygen atoms in total. The van der Waals surface area contributed by atoms with Crippen LogP contribution in [0, 0.1) is 41.5 Å². The molecule has 1 atom stereocenters. The lowest BCUT2D eigenvalue weighted by Gasteiger charge is -2.16. The van der Waals surface area contributed by atoms with E-state index in [-0.39, 0.29) is 0 Å². The molecule has 108 valence electrons. The maximum Gasteiger partial charge on any atom is 0.107 e. The van der Waals surface area contributed by atoms with Crippen molar-refractivity contribution in [3.8, 4) is 0 Å². The SMILES string of the molecule is Cc1cc(C)c(CC(O)c2c(C)oc(C)c2C)c(C)c1. The fourth-order valence-corrected chi connectivity index (χ4v) is 3.13. The monoisotopic (exact) mass is 272 g/mol. The third-order valence-electron chi connectivity index (χ3n) is 4.19. The molecule has 0 amide bonds. The molecular formula is C18H24O2. The van der Waals surface area contributed by atoms with Crippen molar-refractivity contribution in [1.82, 2.24) is 0 Å². The summed E-state index contributed by atoms with van der Waals surface area (Å²) in [5.41, 5.74) is 7.01. The standard InChI is InChI=1S/C18H24O2/c1-10-7-11(2)16(12(3)8-10)9-17(19)18-13(4)14(5)20-15(18)6/h7-8,17,19H,9H2,1-6H3. The van der Waals surface area contributed by atoms with E-state index in [9.17, 15) is 5.11 Å². The molecule has 0 bridgehead atoms. The topological polar surface area (TPSA) is 33.4 Å². The molecule has 2 rings (SSSR count). The van der Waals surface area contributed by atoms with E-state index in [2.05, 4.69) is 32.9 Å². The predicted molar refractivity (Wildman–Crippen MR) is 82.2 cm³/mol. The van der Waals surface area contributed by atoms with Gasteiger partial charge in [0, 0.05) is 12.0 Å². The Hall–Kier alpha value is -1.54. The molecule has 1 heterocycles. The van der Waals surface area contributed by atoms with Crippen LogP contribution in [0.4, 0.5) is 0 Å². The normalized spacial score (nSPS) is 12.8. The van der Waals surface area contributed by atoms with Gasteiger partial charge in [-0.25, -0.2) is 0 Å². The first-order valence-corrected chi connectivity index (χ1v) is 7.12. The fourth-order valence-electron chi connectivity index (χ4n) is 3.13. The lowest BCUT2D eigenvalue weighted by molar-refractivity contribution is 0.175. The number of hydrogen-bond donors (Lipinski definition) is 1. The molecule has 0 aliphatic rings. The summed E-state index contributed by atoms with van der Waals surface area (Å²) < 4.78 is 5.62. The zero-order valence-corrected chi connectivity index (χ0v) is 13.3. The second-order valence-corrected chi connectivity index (χ2v) is 5.85. The maximum atomic E-state index is 10.6. The predicted octanol–water partition coefficient (Wildman–Crippen LogP) is 4.41. The van der Waals surface area contributed by atoms with Crippen LogP contribution in [0.15, 0.2) is 16.5 Å². The minimum absolute atomic E-state index is 0.507. The molecule has 0 aliphatic carbocycles. The highest BCUT2D eigenvalue weighted by molar-refractivity contribution is 5.40. The first kappa shape index (κ1) is 14.9. The van der Waals surface area contributed by atoms with Gasteiger partial charge in [0.15, 0.2) is 0 Å². The van der Waals surface area contributed by atoms with Crippen molar-refractivity contribution in [2.75, 3.05) is 0 Å². The van der Waals surface area contributed by atoms with E-state index in [0.717, 1.165) is 22.6 Å². The molecule has 2 heteroatoms. The van der Waals surface area contributed by atoms with Gasteiger partial charge in [-0.1, -0.05) is 17.7 Å². The summed E-state index contributed by atoms with van der Waals surface area (Å²) in [4.78, 5) is 0. The number of hydrogen-bond acceptors (Lipinski definition) is 2. The van der Waals surface area contributed by atoms with Gasteiger partial charge in [-0.3, -0.25) is 0 Å². The summed E-state index contributed by atoms with van der Waals surface area (Å²) in [6.45, 7) is 12.2. The number of furan rings is 1. The lowest BCUT2D eigenvalue weighted by Crippen LogP contribution is -2.07. The first-order chi connectivity index (χ1) is 9.31. The third-order valence-corrected chi connectivity index (χ3v) is 4.19. The second kappa shape index (κ2) is 5.45. The molecule has 0 saturated heterocycles. The Kier molecular flexibility index (Phi) is 4.05. The zero-order chi connectivity index (χ0) is 15.0. The summed E-state index contributed by atoms with van der Waals surface area (Å²) in [7, 11) is 0. The van der Waals surface area contributed by atoms with Gasteiger partial charge < -0.3 is 9.52 Å². The molecule has 1 aromatic heterocycles. The Morgan fingerprint density at radius 1 is 0.950 bits per heavy atom. The molecule has 0 fully saturated rings. The van der Waals surface area contributed by atoms with Gasteiger partial charge >= 0.3 is 0 Å². The Morgan fingerprint density at radius 3 is 1.95 bits per heavy atom. The van der Waals surface area contributed by atoms with Gasteiger partial charge in [-0.05, 0) is 63.8 Å². The van der Waals surface area contributed by atoms with E-state index in [0.29, 0.717) is 6.42 Å². The van der Waals surface area contributed by atoms with Crippen molar-refractivity contribution in [2.45, 2.75) is 54.1 Å². The van der Waals surface area contributed by atoms with Gasteiger partial charge in [0.1, 0.15) is 11.5 Å². The average molecular weight is 272 g/mol. The summed E-state index contributed by atoms with van der Waals surface area (Å²) in [5, 5.41) is 10.6. The summed E-state index contributed by atoms with van der Waals surface area (Å²) in [5.74, 6) is 1.73. The quantitative estimate of drug-likeness (QED) is 0.898. The van der Waals surface area contributed by atoms with Crippen molar-refractivity contribution >= 4 is 0 Å². The molecule has 0 radical (unpaired) electrons. The largest absolute Gasteiger partial charge is 0.466 e. The van der Waals surface area contributed by atoms with Gasteiger partial charge in [-0.15, -0.1) is 0 Å². The number of aliphatic hydroxyl groups is 1. The smallest absolute Gasteiger partial charge is 0.107 e. The highest BCUT2D eigenvalue weighted by Gasteiger charge is 2.20. The summed E-state index contributed by atoms with van der Waals surface area (Å²) in [6.07, 6.45) is 0.131. The van der Waals surface area contributed by atoms with Crippen LogP contribution in [0.2, 0.25) is 0 Å². The van der Waals surface area contributed by atoms with E-state index in [1.807, 2.05) is 20.8 Å². The van der Waals surface area contributed by atoms with Crippen LogP contribution in [0.25, 0.3) is 0 Å². The number of rotatable bonds is 3. The Balaban J connectivity index is 2.35. The Bertz CT molecular complexity index is 612. The second-order valence-electron chi connectivity index (χ2n) is 5.85. The van der Waals surface area contributed by atoms with Crippen molar-refractivity contribution in [1.29, 1.82) is 0 Å². The molecule has 0 aliphatic heterocycles. The highest BCUT2D eigenvalue weighted by Crippen LogP contribution is 2.31. The van der Waals surface area contributed by atoms with Crippen LogP contribution < -0.4 is 0 Å². The molecule has 20 heavy (non-hydrogen) atoms. The average Bonchev–Trinajstić information content (AvgIpc) is 2.58. The van der Waals surface area contributed by atoms with Crippen LogP contribution in [0.5, 0.6) is 0 Å². The van der Waals surface area contributed by atoms with Crippen molar-refractivity contribution in [2.24, 2.45) is 0 Å². The summed E-state index contributed by atoms with van der Waals surface area (Å²) >= 11 is 0. The minimum Gasteiger partial charge on any atom is -0.466 e. The van der Waals surface area contributed by atoms with E-state index < -0.39 is 6.10 Å². The number of aliphatic hydroxyl groups excluding tert-OH is 1. The number of benzene rings is 1. The summed E-state index contributed by atoms with van der Waals surface area (Å²) in [6, 6.07) is 4.35. The van der Waals surface area contributed by atoms with E-state index in [4.69, 9.17) is 4.42 Å². The minimum atomic E-state index is -0.507. The van der Waals surface area contributed by atoms with Crippen molar-refractivity contribution < 1.29 is 9.52 Å². The lowest BCUT2D eigenvalue weighted by atomic mass is 9.92. The van der Waals surface area contributed by atoms with Gasteiger partial charge in [0.05, 0.1) is 6.10 Å². The molecule has 0 saturated carbocycles. The van der Waals surface area contributed by atoms with E-state index in [1.165, 1.54) is 22.3 Å². The molecule has 1 N–H and O–H groups in total. The van der Waals surface area contributed by atoms with Crippen LogP contribution in [0.3, 0.4) is 0 Å². The molecule has 2 aromatic rings. The molecular weight excluding hydrogens is 248 g/mol. The van der Waals surface area contributed by atoms with Gasteiger partial charge in [0.2, 0.25) is 0 Å². The van der Waals surface area contributed by atoms with Crippen molar-refractivity contribution in [3.63, 3.8) is 0 Å². The maximum absolute atomic E-state index is 10.6. The van der Waals surface area contributed by atoms with Crippen LogP contribution in [0.1, 0.15) is 51.0 Å².